The first-order valence-electron chi connectivity index (χ1n) is 10.3. The van der Waals surface area contributed by atoms with Crippen molar-refractivity contribution in [1.29, 1.82) is 5.26 Å². The van der Waals surface area contributed by atoms with Gasteiger partial charge in [0.05, 0.1) is 23.0 Å². The second-order valence-corrected chi connectivity index (χ2v) is 7.15. The van der Waals surface area contributed by atoms with Crippen LogP contribution in [-0.4, -0.2) is 29.4 Å². The number of methoxy groups -OCH3 is 1. The smallest absolute Gasteiger partial charge is 0.323 e. The lowest BCUT2D eigenvalue weighted by molar-refractivity contribution is -0.0383. The zero-order valence-electron chi connectivity index (χ0n) is 18.5. The number of carbonyl (C=O) groups excluding carboxylic acids is 1. The van der Waals surface area contributed by atoms with Gasteiger partial charge in [-0.25, -0.2) is 4.79 Å². The maximum absolute atomic E-state index is 12.1. The van der Waals surface area contributed by atoms with Crippen LogP contribution in [0, 0.1) is 11.3 Å². The van der Waals surface area contributed by atoms with E-state index in [1.165, 1.54) is 7.11 Å². The van der Waals surface area contributed by atoms with E-state index in [0.29, 0.717) is 45.1 Å². The fourth-order valence-electron chi connectivity index (χ4n) is 3.11. The number of nitrogens with one attached hydrogen (secondary N) is 2. The molecule has 0 aliphatic rings. The van der Waals surface area contributed by atoms with Crippen LogP contribution in [0.1, 0.15) is 12.5 Å². The zero-order chi connectivity index (χ0) is 23.9. The lowest BCUT2D eigenvalue weighted by atomic mass is 10.1. The molecule has 0 radical (unpaired) electrons. The summed E-state index contributed by atoms with van der Waals surface area (Å²) in [5.74, 6) is 1.47. The highest BCUT2D eigenvalue weighted by molar-refractivity contribution is 5.99. The third-order valence-corrected chi connectivity index (χ3v) is 4.81. The van der Waals surface area contributed by atoms with Crippen LogP contribution in [0.25, 0.3) is 10.9 Å². The van der Waals surface area contributed by atoms with Crippen molar-refractivity contribution in [2.75, 3.05) is 17.7 Å². The topological polar surface area (TPSA) is 118 Å². The predicted molar refractivity (Wildman–Crippen MR) is 127 cm³/mol. The second-order valence-electron chi connectivity index (χ2n) is 7.15. The van der Waals surface area contributed by atoms with Gasteiger partial charge in [0.15, 0.2) is 6.29 Å². The number of anilines is 2. The van der Waals surface area contributed by atoms with Gasteiger partial charge in [-0.1, -0.05) is 0 Å². The maximum Gasteiger partial charge on any atom is 0.323 e. The van der Waals surface area contributed by atoms with Crippen molar-refractivity contribution >= 4 is 28.3 Å². The van der Waals surface area contributed by atoms with Crippen molar-refractivity contribution in [3.8, 4) is 23.3 Å². The molecule has 4 aromatic rings. The number of pyridine rings is 2. The highest BCUT2D eigenvalue weighted by Crippen LogP contribution is 2.33. The average molecular weight is 455 g/mol. The van der Waals surface area contributed by atoms with Gasteiger partial charge in [-0.3, -0.25) is 9.97 Å². The van der Waals surface area contributed by atoms with Crippen molar-refractivity contribution in [3.05, 3.63) is 78.8 Å². The van der Waals surface area contributed by atoms with Gasteiger partial charge in [0.1, 0.15) is 23.3 Å². The van der Waals surface area contributed by atoms with Gasteiger partial charge < -0.3 is 24.8 Å². The largest absolute Gasteiger partial charge is 0.464 e. The summed E-state index contributed by atoms with van der Waals surface area (Å²) in [4.78, 5) is 20.5. The molecule has 9 heteroatoms. The van der Waals surface area contributed by atoms with Crippen molar-refractivity contribution in [1.82, 2.24) is 9.97 Å². The van der Waals surface area contributed by atoms with E-state index in [2.05, 4.69) is 26.7 Å². The molecule has 9 nitrogen and oxygen atoms in total. The van der Waals surface area contributed by atoms with Gasteiger partial charge in [-0.2, -0.15) is 5.26 Å². The number of amides is 2. The Morgan fingerprint density at radius 1 is 1.03 bits per heavy atom. The molecule has 2 aromatic heterocycles. The standard InChI is InChI=1S/C25H21N5O4/c1-16(32-2)33-24-13-22-21(12-17(24)14-26)23(9-11-28-22)34-20-7-5-18(6-8-20)29-25(31)30-19-4-3-10-27-15-19/h3-13,15-16H,1-2H3,(H2,29,30,31). The summed E-state index contributed by atoms with van der Waals surface area (Å²) in [6.07, 6.45) is 4.29. The SMILES string of the molecule is COC(C)Oc1cc2nccc(Oc3ccc(NC(=O)Nc4cccnc4)cc3)c2cc1C#N. The van der Waals surface area contributed by atoms with E-state index < -0.39 is 6.29 Å². The summed E-state index contributed by atoms with van der Waals surface area (Å²) in [5.41, 5.74) is 2.13. The van der Waals surface area contributed by atoms with Crippen LogP contribution >= 0.6 is 0 Å². The van der Waals surface area contributed by atoms with Gasteiger partial charge in [0.25, 0.3) is 0 Å². The van der Waals surface area contributed by atoms with Crippen molar-refractivity contribution in [2.24, 2.45) is 0 Å². The first-order chi connectivity index (χ1) is 16.6. The fourth-order valence-corrected chi connectivity index (χ4v) is 3.11. The number of nitriles is 1. The molecule has 2 aromatic carbocycles. The Morgan fingerprint density at radius 3 is 2.53 bits per heavy atom. The molecule has 170 valence electrons. The molecule has 34 heavy (non-hydrogen) atoms. The first-order valence-corrected chi connectivity index (χ1v) is 10.3. The lowest BCUT2D eigenvalue weighted by Crippen LogP contribution is -2.19. The minimum atomic E-state index is -0.512. The molecule has 1 atom stereocenters. The molecule has 0 spiro atoms. The van der Waals surface area contributed by atoms with E-state index >= 15 is 0 Å². The molecule has 0 aliphatic heterocycles. The van der Waals surface area contributed by atoms with E-state index in [4.69, 9.17) is 14.2 Å². The van der Waals surface area contributed by atoms with Gasteiger partial charge in [0.2, 0.25) is 0 Å². The molecular weight excluding hydrogens is 434 g/mol. The van der Waals surface area contributed by atoms with Gasteiger partial charge in [0, 0.05) is 36.6 Å². The zero-order valence-corrected chi connectivity index (χ0v) is 18.5. The molecule has 0 aliphatic carbocycles. The molecule has 1 unspecified atom stereocenters. The van der Waals surface area contributed by atoms with E-state index in [9.17, 15) is 10.1 Å². The Kier molecular flexibility index (Phi) is 6.81. The third-order valence-electron chi connectivity index (χ3n) is 4.81. The third kappa shape index (κ3) is 5.38. The molecule has 2 amide bonds. The van der Waals surface area contributed by atoms with E-state index in [-0.39, 0.29) is 6.03 Å². The minimum Gasteiger partial charge on any atom is -0.464 e. The molecule has 0 saturated heterocycles. The summed E-state index contributed by atoms with van der Waals surface area (Å²) < 4.78 is 16.8. The van der Waals surface area contributed by atoms with Crippen LogP contribution in [0.5, 0.6) is 17.2 Å². The lowest BCUT2D eigenvalue weighted by Gasteiger charge is -2.15. The minimum absolute atomic E-state index is 0.341. The number of nitrogens with zero attached hydrogens (tertiary/aromatic N) is 3. The van der Waals surface area contributed by atoms with Crippen molar-refractivity contribution < 1.29 is 19.0 Å². The number of benzene rings is 2. The summed E-state index contributed by atoms with van der Waals surface area (Å²) in [5, 5.41) is 15.7. The number of hydrogen-bond acceptors (Lipinski definition) is 7. The van der Waals surface area contributed by atoms with Crippen LogP contribution in [0.15, 0.2) is 73.2 Å². The Balaban J connectivity index is 1.50. The molecule has 4 rings (SSSR count). The normalized spacial score (nSPS) is 11.3. The van der Waals surface area contributed by atoms with Crippen LogP contribution in [0.2, 0.25) is 0 Å². The fraction of sp³-hybridized carbons (Fsp3) is 0.120. The van der Waals surface area contributed by atoms with Crippen LogP contribution in [0.3, 0.4) is 0 Å². The average Bonchev–Trinajstić information content (AvgIpc) is 2.85. The Labute approximate surface area is 195 Å². The number of rotatable bonds is 7. The number of ether oxygens (including phenoxy) is 3. The monoisotopic (exact) mass is 455 g/mol. The second kappa shape index (κ2) is 10.3. The molecule has 0 saturated carbocycles. The number of hydrogen-bond donors (Lipinski definition) is 2. The summed E-state index contributed by atoms with van der Waals surface area (Å²) in [6, 6.07) is 17.2. The summed E-state index contributed by atoms with van der Waals surface area (Å²) in [6.45, 7) is 1.74. The van der Waals surface area contributed by atoms with E-state index in [1.54, 1.807) is 80.1 Å². The van der Waals surface area contributed by atoms with E-state index in [1.807, 2.05) is 0 Å². The number of carbonyl (C=O) groups is 1. The highest BCUT2D eigenvalue weighted by atomic mass is 16.7. The Bertz CT molecular complexity index is 1340. The predicted octanol–water partition coefficient (Wildman–Crippen LogP) is 5.31. The van der Waals surface area contributed by atoms with Crippen LogP contribution in [0.4, 0.5) is 16.2 Å². The first kappa shape index (κ1) is 22.5. The highest BCUT2D eigenvalue weighted by Gasteiger charge is 2.13. The molecule has 0 bridgehead atoms. The summed E-state index contributed by atoms with van der Waals surface area (Å²) >= 11 is 0. The maximum atomic E-state index is 12.1. The van der Waals surface area contributed by atoms with Gasteiger partial charge >= 0.3 is 6.03 Å². The van der Waals surface area contributed by atoms with Crippen molar-refractivity contribution in [3.63, 3.8) is 0 Å². The Hall–Kier alpha value is -4.68. The Morgan fingerprint density at radius 2 is 1.82 bits per heavy atom. The number of urea groups is 1. The molecule has 0 fully saturated rings. The number of fused-ring (bicyclic) bond motifs is 1. The van der Waals surface area contributed by atoms with Crippen molar-refractivity contribution in [2.45, 2.75) is 13.2 Å². The van der Waals surface area contributed by atoms with E-state index in [0.717, 1.165) is 0 Å². The van der Waals surface area contributed by atoms with Gasteiger partial charge in [-0.05, 0) is 55.5 Å². The van der Waals surface area contributed by atoms with Crippen LogP contribution in [-0.2, 0) is 4.74 Å². The van der Waals surface area contributed by atoms with Crippen LogP contribution < -0.4 is 20.1 Å². The quantitative estimate of drug-likeness (QED) is 0.363. The molecule has 2 heterocycles. The summed E-state index contributed by atoms with van der Waals surface area (Å²) in [7, 11) is 1.52. The molecule has 2 N–H and O–H groups in total. The van der Waals surface area contributed by atoms with Gasteiger partial charge in [-0.15, -0.1) is 0 Å². The number of aromatic nitrogens is 2. The molecular formula is C25H21N5O4.